The second-order valence-corrected chi connectivity index (χ2v) is 14.0. The van der Waals surface area contributed by atoms with Crippen LogP contribution in [0.25, 0.3) is 0 Å². The molecule has 0 aromatic carbocycles. The Hall–Kier alpha value is -2.22. The number of nitrogens with zero attached hydrogens (tertiary/aromatic N) is 3. The lowest BCUT2D eigenvalue weighted by molar-refractivity contribution is -0.889. The van der Waals surface area contributed by atoms with Gasteiger partial charge in [0.1, 0.15) is 0 Å². The van der Waals surface area contributed by atoms with Crippen LogP contribution < -0.4 is 16.4 Å². The smallest absolute Gasteiger partial charge is 0.267 e. The van der Waals surface area contributed by atoms with Crippen molar-refractivity contribution in [2.75, 3.05) is 106 Å². The number of likely N-dealkylation sites (N-methyl/N-ethyl adjacent to an activating group) is 3. The number of carbonyl (C=O) groups excluding carboxylic acids is 3. The first kappa shape index (κ1) is 53.3. The summed E-state index contributed by atoms with van der Waals surface area (Å²) in [5, 5.41) is 4.80. The van der Waals surface area contributed by atoms with Crippen molar-refractivity contribution < 1.29 is 44.4 Å². The van der Waals surface area contributed by atoms with Crippen molar-refractivity contribution in [3.05, 3.63) is 38.0 Å². The predicted molar refractivity (Wildman–Crippen MR) is 186 cm³/mol. The Labute approximate surface area is 283 Å². The van der Waals surface area contributed by atoms with Gasteiger partial charge < -0.3 is 35.2 Å². The van der Waals surface area contributed by atoms with Crippen LogP contribution in [0.3, 0.4) is 0 Å². The topological polar surface area (TPSA) is 208 Å². The molecular weight excluding hydrogens is 664 g/mol. The van der Waals surface area contributed by atoms with Gasteiger partial charge >= 0.3 is 0 Å². The molecule has 0 aromatic heterocycles. The average molecular weight is 723 g/mol. The summed E-state index contributed by atoms with van der Waals surface area (Å²) in [7, 11) is 4.59. The minimum Gasteiger partial charge on any atom is -0.748 e. The Kier molecular flexibility index (Phi) is 36.3. The second kappa shape index (κ2) is 31.4. The summed E-state index contributed by atoms with van der Waals surface area (Å²) in [6.45, 7) is 15.1. The normalized spacial score (nSPS) is 12.8. The van der Waals surface area contributed by atoms with Gasteiger partial charge in [0.05, 0.1) is 56.2 Å². The predicted octanol–water partition coefficient (Wildman–Crippen LogP) is -0.0324. The molecule has 0 aliphatic carbocycles. The van der Waals surface area contributed by atoms with Gasteiger partial charge in [-0.05, 0) is 64.4 Å². The van der Waals surface area contributed by atoms with Gasteiger partial charge in [-0.2, -0.15) is 8.42 Å². The van der Waals surface area contributed by atoms with Crippen molar-refractivity contribution in [2.24, 2.45) is 5.73 Å². The maximum absolute atomic E-state index is 10.9. The van der Waals surface area contributed by atoms with E-state index in [0.717, 1.165) is 25.7 Å². The molecule has 0 spiro atoms. The molecule has 1 aliphatic heterocycles. The molecule has 1 aliphatic rings. The molecule has 15 nitrogen and oxygen atoms in total. The molecule has 0 radical (unpaired) electrons. The van der Waals surface area contributed by atoms with Gasteiger partial charge in [0.15, 0.2) is 0 Å². The van der Waals surface area contributed by atoms with Crippen molar-refractivity contribution in [1.29, 1.82) is 0 Å². The van der Waals surface area contributed by atoms with E-state index in [1.807, 2.05) is 47.2 Å². The maximum Gasteiger partial charge on any atom is 0.267 e. The number of rotatable bonds is 15. The van der Waals surface area contributed by atoms with Crippen molar-refractivity contribution in [3.63, 3.8) is 0 Å². The first-order chi connectivity index (χ1) is 20.6. The van der Waals surface area contributed by atoms with Gasteiger partial charge in [0.2, 0.25) is 17.1 Å². The van der Waals surface area contributed by atoms with Crippen LogP contribution in [0.15, 0.2) is 38.0 Å². The molecule has 1 saturated heterocycles. The monoisotopic (exact) mass is 722 g/mol. The fraction of sp³-hybridized carbons (Fsp3) is 0.679. The van der Waals surface area contributed by atoms with Crippen LogP contribution in [-0.4, -0.2) is 159 Å². The Balaban J connectivity index is -0.000000165. The number of carbonyl (C=O) groups is 3. The van der Waals surface area contributed by atoms with Crippen molar-refractivity contribution >= 4 is 48.9 Å². The highest BCUT2D eigenvalue weighted by Gasteiger charge is 2.17. The largest absolute Gasteiger partial charge is 0.748 e. The van der Waals surface area contributed by atoms with Crippen LogP contribution in [0.4, 0.5) is 0 Å². The maximum atomic E-state index is 10.9. The second-order valence-electron chi connectivity index (χ2n) is 10.3. The molecule has 0 saturated carbocycles. The Morgan fingerprint density at radius 1 is 0.957 bits per heavy atom. The summed E-state index contributed by atoms with van der Waals surface area (Å²) in [5.41, 5.74) is 5.19. The van der Waals surface area contributed by atoms with Crippen molar-refractivity contribution in [3.8, 4) is 0 Å². The third kappa shape index (κ3) is 51.4. The van der Waals surface area contributed by atoms with Crippen LogP contribution in [0.1, 0.15) is 20.3 Å². The quantitative estimate of drug-likeness (QED) is 0.0670. The average Bonchev–Trinajstić information content (AvgIpc) is 3.32. The Bertz CT molecular complexity index is 1060. The number of halogens is 1. The lowest BCUT2D eigenvalue weighted by atomic mass is 10.3. The van der Waals surface area contributed by atoms with E-state index < -0.39 is 25.5 Å². The fourth-order valence-corrected chi connectivity index (χ4v) is 3.99. The molecule has 1 fully saturated rings. The zero-order valence-electron chi connectivity index (χ0n) is 27.6. The van der Waals surface area contributed by atoms with E-state index in [1.165, 1.54) is 12.2 Å². The number of hydrogen-bond donors (Lipinski definition) is 3. The number of nitrogens with one attached hydrogen (secondary N) is 2. The van der Waals surface area contributed by atoms with Gasteiger partial charge in [0.25, 0.3) is 10.1 Å². The molecule has 0 aromatic rings. The van der Waals surface area contributed by atoms with Gasteiger partial charge in [-0.1, -0.05) is 27.2 Å². The fourth-order valence-electron chi connectivity index (χ4n) is 2.55. The summed E-state index contributed by atoms with van der Waals surface area (Å²) >= 11 is 4.71. The summed E-state index contributed by atoms with van der Waals surface area (Å²) in [4.78, 5) is 35.0. The number of quaternary nitrogens is 1. The summed E-state index contributed by atoms with van der Waals surface area (Å²) in [6, 6.07) is 0. The molecule has 18 heteroatoms. The van der Waals surface area contributed by atoms with Crippen LogP contribution in [0.5, 0.6) is 0 Å². The summed E-state index contributed by atoms with van der Waals surface area (Å²) in [6.07, 6.45) is 4.50. The standard InChI is InChI=1S/C10H20N2O4S.C7H14N2O.C4H12N2.C3H3ClO.C3H6O3S.CH4/c1-4-10(13)11-6-8-12(2,3)7-5-9-17(14,15)16;1-4-7(10)8-5-6-9(2)3;1-6(2)4-3-5;1-2-3(4)5;4-7(5)3-1-2-6-7;/h4H,1,5-9H2,2-3H3,(H-,11,13,14,15,16);4H,1,5-6H2,2-3H3,(H,8,10);3-5H2,1-2H3;2H,1H2;1-3H2;1H4. The van der Waals surface area contributed by atoms with Crippen LogP contribution in [-0.2, 0) is 38.8 Å². The van der Waals surface area contributed by atoms with E-state index in [4.69, 9.17) is 17.3 Å². The minimum atomic E-state index is -4.13. The molecule has 0 bridgehead atoms. The zero-order chi connectivity index (χ0) is 36.1. The highest BCUT2D eigenvalue weighted by molar-refractivity contribution is 7.86. The SMILES string of the molecule is C.C=CC(=O)Cl.C=CC(=O)NCCN(C)C.C=CC(=O)NCC[N+](C)(C)CCCS(=O)(=O)[O-].CN(C)CCN.O=S1(=O)CCCO1. The molecule has 2 amide bonds. The number of hydrogen-bond acceptors (Lipinski definition) is 12. The van der Waals surface area contributed by atoms with Crippen LogP contribution >= 0.6 is 11.6 Å². The molecule has 1 heterocycles. The molecule has 46 heavy (non-hydrogen) atoms. The molecule has 0 unspecified atom stereocenters. The minimum absolute atomic E-state index is 0. The van der Waals surface area contributed by atoms with E-state index in [1.54, 1.807) is 0 Å². The van der Waals surface area contributed by atoms with Crippen molar-refractivity contribution in [1.82, 2.24) is 20.4 Å². The molecule has 274 valence electrons. The first-order valence-corrected chi connectivity index (χ1v) is 17.4. The Morgan fingerprint density at radius 2 is 1.41 bits per heavy atom. The zero-order valence-corrected chi connectivity index (χ0v) is 30.0. The first-order valence-electron chi connectivity index (χ1n) is 13.8. The lowest BCUT2D eigenvalue weighted by Crippen LogP contribution is -2.46. The highest BCUT2D eigenvalue weighted by atomic mass is 35.5. The highest BCUT2D eigenvalue weighted by Crippen LogP contribution is 2.05. The van der Waals surface area contributed by atoms with Gasteiger partial charge in [0, 0.05) is 38.4 Å². The van der Waals surface area contributed by atoms with E-state index in [0.29, 0.717) is 50.1 Å². The van der Waals surface area contributed by atoms with Gasteiger partial charge in [-0.15, -0.1) is 0 Å². The number of allylic oxidation sites excluding steroid dienone is 1. The summed E-state index contributed by atoms with van der Waals surface area (Å²) in [5.74, 6) is -0.477. The van der Waals surface area contributed by atoms with Crippen LogP contribution in [0, 0.1) is 0 Å². The lowest BCUT2D eigenvalue weighted by Gasteiger charge is -2.30. The molecule has 0 atom stereocenters. The summed E-state index contributed by atoms with van der Waals surface area (Å²) < 4.78 is 56.6. The molecule has 4 N–H and O–H groups in total. The molecular formula is C28H59ClN6O9S2. The van der Waals surface area contributed by atoms with E-state index in [9.17, 15) is 35.8 Å². The third-order valence-corrected chi connectivity index (χ3v) is 7.20. The van der Waals surface area contributed by atoms with Gasteiger partial charge in [-0.3, -0.25) is 18.6 Å². The third-order valence-electron chi connectivity index (χ3n) is 4.94. The van der Waals surface area contributed by atoms with Crippen LogP contribution in [0.2, 0.25) is 0 Å². The molecule has 1 rings (SSSR count). The van der Waals surface area contributed by atoms with E-state index in [-0.39, 0.29) is 30.7 Å². The van der Waals surface area contributed by atoms with E-state index >= 15 is 0 Å². The number of amides is 2. The van der Waals surface area contributed by atoms with Gasteiger partial charge in [-0.25, -0.2) is 8.42 Å². The Morgan fingerprint density at radius 3 is 1.67 bits per heavy atom. The van der Waals surface area contributed by atoms with Crippen molar-refractivity contribution in [2.45, 2.75) is 20.3 Å². The number of nitrogens with two attached hydrogens (primary N) is 1. The van der Waals surface area contributed by atoms with E-state index in [2.05, 4.69) is 39.5 Å².